The summed E-state index contributed by atoms with van der Waals surface area (Å²) < 4.78 is 10.7. The van der Waals surface area contributed by atoms with E-state index in [0.29, 0.717) is 5.76 Å². The number of ether oxygens (including phenoxy) is 1. The van der Waals surface area contributed by atoms with Crippen LogP contribution in [0.25, 0.3) is 0 Å². The van der Waals surface area contributed by atoms with E-state index in [0.717, 1.165) is 16.9 Å². The smallest absolute Gasteiger partial charge is 0.339 e. The molecule has 4 nitrogen and oxygen atoms in total. The Morgan fingerprint density at radius 3 is 2.83 bits per heavy atom. The minimum Gasteiger partial charge on any atom is -0.485 e. The van der Waals surface area contributed by atoms with Crippen molar-refractivity contribution in [2.24, 2.45) is 0 Å². The summed E-state index contributed by atoms with van der Waals surface area (Å²) in [6, 6.07) is 7.17. The predicted octanol–water partition coefficient (Wildman–Crippen LogP) is 3.17. The number of aromatic carboxylic acids is 1. The molecule has 4 heteroatoms. The van der Waals surface area contributed by atoms with Crippen LogP contribution in [-0.2, 0) is 6.61 Å². The average molecular weight is 246 g/mol. The Kier molecular flexibility index (Phi) is 3.37. The summed E-state index contributed by atoms with van der Waals surface area (Å²) in [5, 5.41) is 8.93. The number of rotatable bonds is 4. The second kappa shape index (κ2) is 4.96. The van der Waals surface area contributed by atoms with E-state index in [2.05, 4.69) is 0 Å². The summed E-state index contributed by atoms with van der Waals surface area (Å²) in [7, 11) is 0. The molecule has 0 saturated carbocycles. The molecule has 2 rings (SSSR count). The third-order valence-electron chi connectivity index (χ3n) is 2.89. The van der Waals surface area contributed by atoms with Crippen LogP contribution in [-0.4, -0.2) is 11.1 Å². The van der Waals surface area contributed by atoms with Gasteiger partial charge in [0, 0.05) is 0 Å². The zero-order valence-corrected chi connectivity index (χ0v) is 10.3. The minimum absolute atomic E-state index is 0.110. The molecule has 94 valence electrons. The van der Waals surface area contributed by atoms with Crippen molar-refractivity contribution < 1.29 is 19.1 Å². The van der Waals surface area contributed by atoms with E-state index in [1.165, 1.54) is 12.3 Å². The van der Waals surface area contributed by atoms with Crippen molar-refractivity contribution in [3.63, 3.8) is 0 Å². The number of carboxylic acids is 1. The van der Waals surface area contributed by atoms with Gasteiger partial charge >= 0.3 is 5.97 Å². The zero-order valence-electron chi connectivity index (χ0n) is 10.3. The van der Waals surface area contributed by atoms with Gasteiger partial charge in [0.25, 0.3) is 0 Å². The Morgan fingerprint density at radius 2 is 2.11 bits per heavy atom. The molecule has 0 fully saturated rings. The van der Waals surface area contributed by atoms with Crippen LogP contribution in [0.2, 0.25) is 0 Å². The SMILES string of the molecule is Cc1cccc(OCc2occc2C(=O)O)c1C. The van der Waals surface area contributed by atoms with Crippen molar-refractivity contribution in [2.45, 2.75) is 20.5 Å². The van der Waals surface area contributed by atoms with Gasteiger partial charge in [-0.1, -0.05) is 12.1 Å². The van der Waals surface area contributed by atoms with Crippen molar-refractivity contribution in [3.05, 3.63) is 53.0 Å². The van der Waals surface area contributed by atoms with E-state index < -0.39 is 5.97 Å². The first-order valence-corrected chi connectivity index (χ1v) is 5.58. The summed E-state index contributed by atoms with van der Waals surface area (Å²) in [5.74, 6) is 0.0504. The lowest BCUT2D eigenvalue weighted by molar-refractivity contribution is 0.0692. The number of carbonyl (C=O) groups is 1. The van der Waals surface area contributed by atoms with Crippen LogP contribution < -0.4 is 4.74 Å². The Balaban J connectivity index is 2.14. The second-order valence-corrected chi connectivity index (χ2v) is 4.05. The van der Waals surface area contributed by atoms with Crippen molar-refractivity contribution in [1.82, 2.24) is 0 Å². The van der Waals surface area contributed by atoms with Crippen molar-refractivity contribution >= 4 is 5.97 Å². The molecule has 1 heterocycles. The van der Waals surface area contributed by atoms with E-state index in [4.69, 9.17) is 14.3 Å². The topological polar surface area (TPSA) is 59.7 Å². The average Bonchev–Trinajstić information content (AvgIpc) is 2.79. The highest BCUT2D eigenvalue weighted by Crippen LogP contribution is 2.22. The first kappa shape index (κ1) is 12.2. The molecule has 0 aliphatic rings. The Hall–Kier alpha value is -2.23. The van der Waals surface area contributed by atoms with E-state index in [1.807, 2.05) is 32.0 Å². The number of hydrogen-bond acceptors (Lipinski definition) is 3. The maximum Gasteiger partial charge on any atom is 0.339 e. The highest BCUT2D eigenvalue weighted by molar-refractivity contribution is 5.88. The van der Waals surface area contributed by atoms with Crippen LogP contribution in [0.3, 0.4) is 0 Å². The van der Waals surface area contributed by atoms with E-state index in [-0.39, 0.29) is 12.2 Å². The number of hydrogen-bond donors (Lipinski definition) is 1. The van der Waals surface area contributed by atoms with Gasteiger partial charge in [-0.05, 0) is 37.1 Å². The quantitative estimate of drug-likeness (QED) is 0.900. The predicted molar refractivity (Wildman–Crippen MR) is 65.9 cm³/mol. The van der Waals surface area contributed by atoms with Crippen LogP contribution in [0.4, 0.5) is 0 Å². The number of aryl methyl sites for hydroxylation is 1. The molecule has 0 aliphatic carbocycles. The lowest BCUT2D eigenvalue weighted by Crippen LogP contribution is -2.03. The normalized spacial score (nSPS) is 10.3. The molecule has 2 aromatic rings. The third-order valence-corrected chi connectivity index (χ3v) is 2.89. The molecule has 1 N–H and O–H groups in total. The van der Waals surface area contributed by atoms with Gasteiger partial charge in [-0.15, -0.1) is 0 Å². The van der Waals surface area contributed by atoms with Gasteiger partial charge in [-0.2, -0.15) is 0 Å². The van der Waals surface area contributed by atoms with Gasteiger partial charge < -0.3 is 14.3 Å². The van der Waals surface area contributed by atoms with Crippen molar-refractivity contribution in [3.8, 4) is 5.75 Å². The number of carboxylic acid groups (broad SMARTS) is 1. The van der Waals surface area contributed by atoms with Gasteiger partial charge in [0.2, 0.25) is 0 Å². The largest absolute Gasteiger partial charge is 0.485 e. The highest BCUT2D eigenvalue weighted by atomic mass is 16.5. The standard InChI is InChI=1S/C14H14O4/c1-9-4-3-5-12(10(9)2)18-8-13-11(14(15)16)6-7-17-13/h3-7H,8H2,1-2H3,(H,15,16). The lowest BCUT2D eigenvalue weighted by Gasteiger charge is -2.09. The third kappa shape index (κ3) is 2.37. The molecule has 0 atom stereocenters. The molecule has 0 aliphatic heterocycles. The first-order chi connectivity index (χ1) is 8.59. The fraction of sp³-hybridized carbons (Fsp3) is 0.214. The fourth-order valence-electron chi connectivity index (χ4n) is 1.67. The van der Waals surface area contributed by atoms with Gasteiger partial charge in [0.05, 0.1) is 6.26 Å². The molecular formula is C14H14O4. The number of benzene rings is 1. The maximum atomic E-state index is 10.9. The minimum atomic E-state index is -1.01. The summed E-state index contributed by atoms with van der Waals surface area (Å²) in [6.07, 6.45) is 1.35. The molecule has 0 bridgehead atoms. The summed E-state index contributed by atoms with van der Waals surface area (Å²) in [4.78, 5) is 10.9. The highest BCUT2D eigenvalue weighted by Gasteiger charge is 2.14. The Bertz CT molecular complexity index is 569. The Labute approximate surface area is 105 Å². The van der Waals surface area contributed by atoms with E-state index >= 15 is 0 Å². The molecule has 1 aromatic carbocycles. The van der Waals surface area contributed by atoms with Gasteiger partial charge in [0.15, 0.2) is 5.76 Å². The molecular weight excluding hydrogens is 232 g/mol. The molecule has 18 heavy (non-hydrogen) atoms. The van der Waals surface area contributed by atoms with E-state index in [9.17, 15) is 4.79 Å². The van der Waals surface area contributed by atoms with Gasteiger partial charge in [-0.3, -0.25) is 0 Å². The summed E-state index contributed by atoms with van der Waals surface area (Å²) in [6.45, 7) is 4.07. The molecule has 0 spiro atoms. The van der Waals surface area contributed by atoms with Crippen LogP contribution in [0.5, 0.6) is 5.75 Å². The van der Waals surface area contributed by atoms with Crippen molar-refractivity contribution in [1.29, 1.82) is 0 Å². The molecule has 0 saturated heterocycles. The lowest BCUT2D eigenvalue weighted by atomic mass is 10.1. The van der Waals surface area contributed by atoms with Crippen LogP contribution in [0.1, 0.15) is 27.2 Å². The van der Waals surface area contributed by atoms with Gasteiger partial charge in [0.1, 0.15) is 17.9 Å². The monoisotopic (exact) mass is 246 g/mol. The Morgan fingerprint density at radius 1 is 1.33 bits per heavy atom. The maximum absolute atomic E-state index is 10.9. The van der Waals surface area contributed by atoms with Crippen LogP contribution in [0, 0.1) is 13.8 Å². The fourth-order valence-corrected chi connectivity index (χ4v) is 1.67. The molecule has 1 aromatic heterocycles. The van der Waals surface area contributed by atoms with Crippen LogP contribution in [0.15, 0.2) is 34.9 Å². The summed E-state index contributed by atoms with van der Waals surface area (Å²) in [5.41, 5.74) is 2.31. The molecule has 0 amide bonds. The van der Waals surface area contributed by atoms with Crippen molar-refractivity contribution in [2.75, 3.05) is 0 Å². The van der Waals surface area contributed by atoms with Crippen LogP contribution >= 0.6 is 0 Å². The molecule has 0 unspecified atom stereocenters. The molecule has 0 radical (unpaired) electrons. The first-order valence-electron chi connectivity index (χ1n) is 5.58. The van der Waals surface area contributed by atoms with Gasteiger partial charge in [-0.25, -0.2) is 4.79 Å². The zero-order chi connectivity index (χ0) is 13.1. The summed E-state index contributed by atoms with van der Waals surface area (Å²) >= 11 is 0. The number of furan rings is 1. The van der Waals surface area contributed by atoms with E-state index in [1.54, 1.807) is 0 Å². The second-order valence-electron chi connectivity index (χ2n) is 4.05.